The number of carboxylic acids is 1. The average molecular weight is 327 g/mol. The SMILES string of the molecule is COc1ccc(CCNc2cc(C(=O)O)c3nc(N)nn3c2)cc1. The second kappa shape index (κ2) is 6.45. The van der Waals surface area contributed by atoms with E-state index in [9.17, 15) is 9.90 Å². The van der Waals surface area contributed by atoms with Crippen LogP contribution < -0.4 is 15.8 Å². The molecule has 0 unspecified atom stereocenters. The molecule has 0 aliphatic carbocycles. The zero-order valence-corrected chi connectivity index (χ0v) is 13.1. The number of fused-ring (bicyclic) bond motifs is 1. The van der Waals surface area contributed by atoms with Crippen molar-refractivity contribution in [2.24, 2.45) is 0 Å². The lowest BCUT2D eigenvalue weighted by Gasteiger charge is -2.08. The summed E-state index contributed by atoms with van der Waals surface area (Å²) in [6.07, 6.45) is 2.45. The first-order valence-corrected chi connectivity index (χ1v) is 7.33. The zero-order chi connectivity index (χ0) is 17.1. The number of hydrogen-bond donors (Lipinski definition) is 3. The van der Waals surface area contributed by atoms with Gasteiger partial charge in [0.2, 0.25) is 5.95 Å². The van der Waals surface area contributed by atoms with Gasteiger partial charge in [-0.3, -0.25) is 0 Å². The van der Waals surface area contributed by atoms with E-state index in [0.717, 1.165) is 17.7 Å². The Morgan fingerprint density at radius 3 is 2.79 bits per heavy atom. The monoisotopic (exact) mass is 327 g/mol. The molecule has 8 nitrogen and oxygen atoms in total. The van der Waals surface area contributed by atoms with Crippen LogP contribution in [0.25, 0.3) is 5.65 Å². The van der Waals surface area contributed by atoms with Gasteiger partial charge in [-0.15, -0.1) is 5.10 Å². The summed E-state index contributed by atoms with van der Waals surface area (Å²) in [7, 11) is 1.63. The number of nitrogens with two attached hydrogens (primary N) is 1. The molecule has 0 aliphatic rings. The molecule has 3 aromatic rings. The minimum atomic E-state index is -1.08. The number of aromatic nitrogens is 3. The number of methoxy groups -OCH3 is 1. The van der Waals surface area contributed by atoms with Crippen molar-refractivity contribution in [1.82, 2.24) is 14.6 Å². The summed E-state index contributed by atoms with van der Waals surface area (Å²) in [4.78, 5) is 15.3. The van der Waals surface area contributed by atoms with Crippen molar-refractivity contribution in [2.75, 3.05) is 24.7 Å². The Balaban J connectivity index is 1.73. The van der Waals surface area contributed by atoms with Crippen LogP contribution in [0.2, 0.25) is 0 Å². The Morgan fingerprint density at radius 1 is 1.38 bits per heavy atom. The van der Waals surface area contributed by atoms with Gasteiger partial charge in [0.1, 0.15) is 11.3 Å². The van der Waals surface area contributed by atoms with Gasteiger partial charge in [-0.25, -0.2) is 9.31 Å². The van der Waals surface area contributed by atoms with E-state index in [-0.39, 0.29) is 17.2 Å². The predicted octanol–water partition coefficient (Wildman–Crippen LogP) is 1.67. The van der Waals surface area contributed by atoms with Crippen LogP contribution in [-0.2, 0) is 6.42 Å². The third-order valence-corrected chi connectivity index (χ3v) is 3.58. The first-order chi connectivity index (χ1) is 11.6. The largest absolute Gasteiger partial charge is 0.497 e. The van der Waals surface area contributed by atoms with Crippen LogP contribution in [0.4, 0.5) is 11.6 Å². The van der Waals surface area contributed by atoms with Crippen molar-refractivity contribution in [3.05, 3.63) is 47.7 Å². The van der Waals surface area contributed by atoms with Crippen LogP contribution in [-0.4, -0.2) is 39.3 Å². The Hall–Kier alpha value is -3.29. The number of aromatic carboxylic acids is 1. The zero-order valence-electron chi connectivity index (χ0n) is 13.1. The average Bonchev–Trinajstić information content (AvgIpc) is 2.94. The molecule has 24 heavy (non-hydrogen) atoms. The number of carbonyl (C=O) groups is 1. The maximum Gasteiger partial charge on any atom is 0.339 e. The summed E-state index contributed by atoms with van der Waals surface area (Å²) in [6, 6.07) is 9.32. The van der Waals surface area contributed by atoms with Crippen molar-refractivity contribution >= 4 is 23.3 Å². The summed E-state index contributed by atoms with van der Waals surface area (Å²) in [6.45, 7) is 0.640. The van der Waals surface area contributed by atoms with Gasteiger partial charge in [-0.2, -0.15) is 4.98 Å². The van der Waals surface area contributed by atoms with Crippen molar-refractivity contribution in [2.45, 2.75) is 6.42 Å². The lowest BCUT2D eigenvalue weighted by Crippen LogP contribution is -2.08. The molecule has 0 saturated heterocycles. The lowest BCUT2D eigenvalue weighted by atomic mass is 10.1. The first-order valence-electron chi connectivity index (χ1n) is 7.33. The van der Waals surface area contributed by atoms with E-state index in [2.05, 4.69) is 15.4 Å². The highest BCUT2D eigenvalue weighted by Crippen LogP contribution is 2.17. The summed E-state index contributed by atoms with van der Waals surface area (Å²) in [5.41, 5.74) is 7.60. The molecule has 4 N–H and O–H groups in total. The highest BCUT2D eigenvalue weighted by atomic mass is 16.5. The quantitative estimate of drug-likeness (QED) is 0.631. The second-order valence-corrected chi connectivity index (χ2v) is 5.21. The molecule has 0 amide bonds. The molecule has 8 heteroatoms. The Kier molecular flexibility index (Phi) is 4.19. The van der Waals surface area contributed by atoms with Gasteiger partial charge in [0, 0.05) is 6.54 Å². The van der Waals surface area contributed by atoms with E-state index in [0.29, 0.717) is 12.2 Å². The van der Waals surface area contributed by atoms with Gasteiger partial charge < -0.3 is 20.9 Å². The molecule has 2 aromatic heterocycles. The molecular weight excluding hydrogens is 310 g/mol. The molecule has 3 rings (SSSR count). The van der Waals surface area contributed by atoms with E-state index < -0.39 is 5.97 Å². The summed E-state index contributed by atoms with van der Waals surface area (Å²) in [5, 5.41) is 16.5. The van der Waals surface area contributed by atoms with Crippen molar-refractivity contribution in [3.63, 3.8) is 0 Å². The number of pyridine rings is 1. The van der Waals surface area contributed by atoms with Gasteiger partial charge in [-0.1, -0.05) is 12.1 Å². The molecule has 0 spiro atoms. The van der Waals surface area contributed by atoms with Gasteiger partial charge in [0.25, 0.3) is 0 Å². The standard InChI is InChI=1S/C16H17N5O3/c1-24-12-4-2-10(3-5-12)6-7-18-11-8-13(15(22)23)14-19-16(17)20-21(14)9-11/h2-5,8-9,18H,6-7H2,1H3,(H2,17,20)(H,22,23). The maximum absolute atomic E-state index is 11.4. The molecule has 124 valence electrons. The van der Waals surface area contributed by atoms with E-state index in [1.54, 1.807) is 13.3 Å². The summed E-state index contributed by atoms with van der Waals surface area (Å²) in [5.74, 6) is -0.230. The number of carboxylic acid groups (broad SMARTS) is 1. The maximum atomic E-state index is 11.4. The van der Waals surface area contributed by atoms with Crippen molar-refractivity contribution < 1.29 is 14.6 Å². The van der Waals surface area contributed by atoms with Crippen molar-refractivity contribution in [3.8, 4) is 5.75 Å². The number of anilines is 2. The third kappa shape index (κ3) is 3.22. The molecule has 0 saturated carbocycles. The van der Waals surface area contributed by atoms with E-state index in [4.69, 9.17) is 10.5 Å². The number of nitrogens with zero attached hydrogens (tertiary/aromatic N) is 3. The van der Waals surface area contributed by atoms with Gasteiger partial charge in [0.05, 0.1) is 19.0 Å². The van der Waals surface area contributed by atoms with Gasteiger partial charge in [-0.05, 0) is 30.2 Å². The molecular formula is C16H17N5O3. The second-order valence-electron chi connectivity index (χ2n) is 5.21. The number of nitrogens with one attached hydrogen (secondary N) is 1. The molecule has 2 heterocycles. The molecule has 0 atom stereocenters. The molecule has 0 aliphatic heterocycles. The van der Waals surface area contributed by atoms with Crippen LogP contribution in [0.15, 0.2) is 36.5 Å². The minimum absolute atomic E-state index is 0.0351. The number of nitrogen functional groups attached to an aromatic ring is 1. The Labute approximate surface area is 137 Å². The smallest absolute Gasteiger partial charge is 0.339 e. The van der Waals surface area contributed by atoms with Crippen LogP contribution in [0, 0.1) is 0 Å². The highest BCUT2D eigenvalue weighted by Gasteiger charge is 2.14. The lowest BCUT2D eigenvalue weighted by molar-refractivity contribution is 0.0698. The topological polar surface area (TPSA) is 115 Å². The normalized spacial score (nSPS) is 10.7. The minimum Gasteiger partial charge on any atom is -0.497 e. The van der Waals surface area contributed by atoms with Gasteiger partial charge >= 0.3 is 5.97 Å². The van der Waals surface area contributed by atoms with E-state index in [1.807, 2.05) is 24.3 Å². The fourth-order valence-corrected chi connectivity index (χ4v) is 2.40. The molecule has 0 fully saturated rings. The van der Waals surface area contributed by atoms with Crippen LogP contribution in [0.1, 0.15) is 15.9 Å². The number of benzene rings is 1. The Bertz CT molecular complexity index is 873. The highest BCUT2D eigenvalue weighted by molar-refractivity contribution is 5.95. The predicted molar refractivity (Wildman–Crippen MR) is 89.5 cm³/mol. The van der Waals surface area contributed by atoms with Crippen molar-refractivity contribution in [1.29, 1.82) is 0 Å². The van der Waals surface area contributed by atoms with Crippen LogP contribution >= 0.6 is 0 Å². The summed E-state index contributed by atoms with van der Waals surface area (Å²) < 4.78 is 6.49. The number of ether oxygens (including phenoxy) is 1. The number of hydrogen-bond acceptors (Lipinski definition) is 6. The van der Waals surface area contributed by atoms with Crippen LogP contribution in [0.3, 0.4) is 0 Å². The Morgan fingerprint density at radius 2 is 2.12 bits per heavy atom. The number of rotatable bonds is 6. The van der Waals surface area contributed by atoms with E-state index in [1.165, 1.54) is 10.6 Å². The van der Waals surface area contributed by atoms with Crippen LogP contribution in [0.5, 0.6) is 5.75 Å². The first kappa shape index (κ1) is 15.6. The fraction of sp³-hybridized carbons (Fsp3) is 0.188. The fourth-order valence-electron chi connectivity index (χ4n) is 2.40. The molecule has 0 radical (unpaired) electrons. The molecule has 0 bridgehead atoms. The third-order valence-electron chi connectivity index (χ3n) is 3.58. The van der Waals surface area contributed by atoms with Gasteiger partial charge in [0.15, 0.2) is 5.65 Å². The van der Waals surface area contributed by atoms with E-state index >= 15 is 0 Å². The summed E-state index contributed by atoms with van der Waals surface area (Å²) >= 11 is 0. The molecule has 1 aromatic carbocycles.